The molecule has 21 heavy (non-hydrogen) atoms. The summed E-state index contributed by atoms with van der Waals surface area (Å²) in [5.74, 6) is 1.24. The van der Waals surface area contributed by atoms with Crippen LogP contribution in [-0.2, 0) is 11.2 Å². The number of likely N-dealkylation sites (tertiary alicyclic amines) is 1. The summed E-state index contributed by atoms with van der Waals surface area (Å²) in [7, 11) is 0. The Bertz CT molecular complexity index is 628. The largest absolute Gasteiger partial charge is 0.335 e. The van der Waals surface area contributed by atoms with Gasteiger partial charge in [-0.05, 0) is 36.5 Å². The summed E-state index contributed by atoms with van der Waals surface area (Å²) in [5, 5.41) is 6.22. The van der Waals surface area contributed by atoms with Crippen molar-refractivity contribution in [3.05, 3.63) is 29.3 Å². The normalized spacial score (nSPS) is 30.2. The fourth-order valence-corrected chi connectivity index (χ4v) is 3.95. The van der Waals surface area contributed by atoms with Crippen LogP contribution in [0.15, 0.2) is 18.2 Å². The van der Waals surface area contributed by atoms with Crippen molar-refractivity contribution in [1.29, 1.82) is 0 Å². The number of anilines is 1. The van der Waals surface area contributed by atoms with Crippen molar-refractivity contribution in [2.24, 2.45) is 11.8 Å². The molecule has 2 amide bonds. The summed E-state index contributed by atoms with van der Waals surface area (Å²) in [6.45, 7) is 5.00. The van der Waals surface area contributed by atoms with Gasteiger partial charge in [-0.3, -0.25) is 9.59 Å². The SMILES string of the molecule is CC1C2CNCC2CN1C(=O)c1ccc2c(c1)NC(=O)C2. The van der Waals surface area contributed by atoms with Crippen LogP contribution in [0, 0.1) is 11.8 Å². The van der Waals surface area contributed by atoms with E-state index < -0.39 is 0 Å². The van der Waals surface area contributed by atoms with Crippen molar-refractivity contribution in [3.8, 4) is 0 Å². The van der Waals surface area contributed by atoms with Crippen molar-refractivity contribution in [2.75, 3.05) is 25.0 Å². The van der Waals surface area contributed by atoms with E-state index in [1.807, 2.05) is 23.1 Å². The van der Waals surface area contributed by atoms with E-state index in [9.17, 15) is 9.59 Å². The maximum Gasteiger partial charge on any atom is 0.254 e. The Hall–Kier alpha value is -1.88. The van der Waals surface area contributed by atoms with E-state index in [1.165, 1.54) is 0 Å². The van der Waals surface area contributed by atoms with Crippen molar-refractivity contribution in [1.82, 2.24) is 10.2 Å². The second-order valence-electron chi connectivity index (χ2n) is 6.38. The molecule has 2 saturated heterocycles. The van der Waals surface area contributed by atoms with Gasteiger partial charge in [-0.25, -0.2) is 0 Å². The average Bonchev–Trinajstić information content (AvgIpc) is 3.12. The van der Waals surface area contributed by atoms with Crippen LogP contribution in [-0.4, -0.2) is 42.4 Å². The maximum atomic E-state index is 12.8. The van der Waals surface area contributed by atoms with Gasteiger partial charge in [0.25, 0.3) is 5.91 Å². The third-order valence-corrected chi connectivity index (χ3v) is 5.18. The number of hydrogen-bond donors (Lipinski definition) is 2. The van der Waals surface area contributed by atoms with Gasteiger partial charge in [0.1, 0.15) is 0 Å². The molecule has 3 atom stereocenters. The number of nitrogens with zero attached hydrogens (tertiary/aromatic N) is 1. The molecule has 5 nitrogen and oxygen atoms in total. The summed E-state index contributed by atoms with van der Waals surface area (Å²) < 4.78 is 0. The molecule has 0 radical (unpaired) electrons. The van der Waals surface area contributed by atoms with Crippen LogP contribution in [0.4, 0.5) is 5.69 Å². The van der Waals surface area contributed by atoms with Gasteiger partial charge < -0.3 is 15.5 Å². The first-order chi connectivity index (χ1) is 10.1. The fraction of sp³-hybridized carbons (Fsp3) is 0.500. The van der Waals surface area contributed by atoms with Crippen LogP contribution in [0.1, 0.15) is 22.8 Å². The Labute approximate surface area is 123 Å². The highest BCUT2D eigenvalue weighted by molar-refractivity contribution is 6.02. The van der Waals surface area contributed by atoms with Gasteiger partial charge in [0.15, 0.2) is 0 Å². The van der Waals surface area contributed by atoms with E-state index >= 15 is 0 Å². The zero-order valence-electron chi connectivity index (χ0n) is 12.1. The number of amides is 2. The molecule has 4 rings (SSSR count). The topological polar surface area (TPSA) is 61.4 Å². The lowest BCUT2D eigenvalue weighted by Gasteiger charge is -2.24. The van der Waals surface area contributed by atoms with Gasteiger partial charge in [-0.1, -0.05) is 6.07 Å². The molecule has 0 aliphatic carbocycles. The van der Waals surface area contributed by atoms with Gasteiger partial charge in [-0.15, -0.1) is 0 Å². The molecular formula is C16H19N3O2. The Morgan fingerprint density at radius 2 is 2.19 bits per heavy atom. The first kappa shape index (κ1) is 12.8. The molecule has 110 valence electrons. The molecule has 0 spiro atoms. The van der Waals surface area contributed by atoms with Crippen LogP contribution < -0.4 is 10.6 Å². The molecule has 1 aromatic carbocycles. The molecule has 2 N–H and O–H groups in total. The second-order valence-corrected chi connectivity index (χ2v) is 6.38. The molecule has 0 aromatic heterocycles. The first-order valence-corrected chi connectivity index (χ1v) is 7.58. The lowest BCUT2D eigenvalue weighted by Crippen LogP contribution is -2.38. The van der Waals surface area contributed by atoms with Gasteiger partial charge >= 0.3 is 0 Å². The highest BCUT2D eigenvalue weighted by atomic mass is 16.2. The molecule has 3 heterocycles. The lowest BCUT2D eigenvalue weighted by molar-refractivity contribution is -0.115. The molecule has 3 aliphatic rings. The Morgan fingerprint density at radius 1 is 1.33 bits per heavy atom. The lowest BCUT2D eigenvalue weighted by atomic mass is 9.95. The molecule has 3 aliphatic heterocycles. The third-order valence-electron chi connectivity index (χ3n) is 5.18. The van der Waals surface area contributed by atoms with E-state index in [0.717, 1.165) is 30.9 Å². The highest BCUT2D eigenvalue weighted by Crippen LogP contribution is 2.34. The predicted octanol–water partition coefficient (Wildman–Crippen LogP) is 0.861. The van der Waals surface area contributed by atoms with Crippen molar-refractivity contribution in [3.63, 3.8) is 0 Å². The third kappa shape index (κ3) is 1.95. The number of rotatable bonds is 1. The van der Waals surface area contributed by atoms with E-state index in [-0.39, 0.29) is 17.9 Å². The minimum Gasteiger partial charge on any atom is -0.335 e. The Morgan fingerprint density at radius 3 is 3.00 bits per heavy atom. The molecular weight excluding hydrogens is 266 g/mol. The molecule has 2 fully saturated rings. The van der Waals surface area contributed by atoms with Gasteiger partial charge in [0.05, 0.1) is 6.42 Å². The van der Waals surface area contributed by atoms with E-state index in [2.05, 4.69) is 17.6 Å². The quantitative estimate of drug-likeness (QED) is 0.804. The Balaban J connectivity index is 1.58. The standard InChI is InChI=1S/C16H19N3O2/c1-9-13-7-17-6-12(13)8-19(9)16(21)11-3-2-10-5-15(20)18-14(10)4-11/h2-4,9,12-13,17H,5-8H2,1H3,(H,18,20). The highest BCUT2D eigenvalue weighted by Gasteiger charge is 2.43. The number of hydrogen-bond acceptors (Lipinski definition) is 3. The summed E-state index contributed by atoms with van der Waals surface area (Å²) in [5.41, 5.74) is 2.45. The van der Waals surface area contributed by atoms with Crippen LogP contribution in [0.3, 0.4) is 0 Å². The molecule has 0 bridgehead atoms. The predicted molar refractivity (Wildman–Crippen MR) is 79.1 cm³/mol. The van der Waals surface area contributed by atoms with Crippen LogP contribution in [0.5, 0.6) is 0 Å². The van der Waals surface area contributed by atoms with Crippen LogP contribution >= 0.6 is 0 Å². The van der Waals surface area contributed by atoms with Crippen LogP contribution in [0.25, 0.3) is 0 Å². The summed E-state index contributed by atoms with van der Waals surface area (Å²) >= 11 is 0. The van der Waals surface area contributed by atoms with Crippen molar-refractivity contribution in [2.45, 2.75) is 19.4 Å². The fourth-order valence-electron chi connectivity index (χ4n) is 3.95. The second kappa shape index (κ2) is 4.56. The number of benzene rings is 1. The average molecular weight is 285 g/mol. The molecule has 3 unspecified atom stereocenters. The maximum absolute atomic E-state index is 12.8. The smallest absolute Gasteiger partial charge is 0.254 e. The summed E-state index contributed by atoms with van der Waals surface area (Å²) in [4.78, 5) is 26.2. The molecule has 5 heteroatoms. The van der Waals surface area contributed by atoms with Crippen LogP contribution in [0.2, 0.25) is 0 Å². The van der Waals surface area contributed by atoms with Gasteiger partial charge in [-0.2, -0.15) is 0 Å². The van der Waals surface area contributed by atoms with E-state index in [4.69, 9.17) is 0 Å². The summed E-state index contributed by atoms with van der Waals surface area (Å²) in [6, 6.07) is 5.84. The number of carbonyl (C=O) groups excluding carboxylic acids is 2. The van der Waals surface area contributed by atoms with E-state index in [1.54, 1.807) is 0 Å². The number of carbonyl (C=O) groups is 2. The van der Waals surface area contributed by atoms with E-state index in [0.29, 0.717) is 23.8 Å². The monoisotopic (exact) mass is 285 g/mol. The summed E-state index contributed by atoms with van der Waals surface area (Å²) in [6.07, 6.45) is 0.416. The molecule has 0 saturated carbocycles. The number of nitrogens with one attached hydrogen (secondary N) is 2. The minimum atomic E-state index is 0.00439. The zero-order valence-corrected chi connectivity index (χ0v) is 12.1. The number of fused-ring (bicyclic) bond motifs is 2. The van der Waals surface area contributed by atoms with Gasteiger partial charge in [0.2, 0.25) is 5.91 Å². The van der Waals surface area contributed by atoms with Gasteiger partial charge in [0, 0.05) is 36.9 Å². The zero-order chi connectivity index (χ0) is 14.6. The first-order valence-electron chi connectivity index (χ1n) is 7.58. The minimum absolute atomic E-state index is 0.00439. The Kier molecular flexibility index (Phi) is 2.79. The van der Waals surface area contributed by atoms with Crippen molar-refractivity contribution >= 4 is 17.5 Å². The molecule has 1 aromatic rings. The van der Waals surface area contributed by atoms with Crippen molar-refractivity contribution < 1.29 is 9.59 Å².